The first-order chi connectivity index (χ1) is 9.26. The van der Waals surface area contributed by atoms with Crippen molar-refractivity contribution >= 4 is 21.8 Å². The highest BCUT2D eigenvalue weighted by Gasteiger charge is 2.35. The molecule has 114 valence electrons. The molecule has 1 aromatic heterocycles. The molecule has 0 aromatic carbocycles. The van der Waals surface area contributed by atoms with E-state index in [0.29, 0.717) is 24.5 Å². The van der Waals surface area contributed by atoms with Gasteiger partial charge in [0.25, 0.3) is 0 Å². The van der Waals surface area contributed by atoms with Gasteiger partial charge < -0.3 is 9.88 Å². The fourth-order valence-electron chi connectivity index (χ4n) is 2.40. The minimum absolute atomic E-state index is 0.0199. The second-order valence-corrected chi connectivity index (χ2v) is 9.50. The number of nitrogens with zero attached hydrogens (tertiary/aromatic N) is 2. The van der Waals surface area contributed by atoms with E-state index in [9.17, 15) is 8.42 Å². The Hall–Kier alpha value is -0.500. The minimum atomic E-state index is -3.38. The quantitative estimate of drug-likeness (QED) is 0.908. The van der Waals surface area contributed by atoms with Gasteiger partial charge in [-0.05, 0) is 27.0 Å². The molecule has 0 saturated carbocycles. The number of thioether (sulfide) groups is 1. The predicted molar refractivity (Wildman–Crippen MR) is 83.5 cm³/mol. The van der Waals surface area contributed by atoms with E-state index in [4.69, 9.17) is 0 Å². The second-order valence-electron chi connectivity index (χ2n) is 5.76. The Kier molecular flexibility index (Phi) is 4.53. The van der Waals surface area contributed by atoms with Crippen LogP contribution in [-0.4, -0.2) is 47.9 Å². The molecule has 1 aromatic rings. The van der Waals surface area contributed by atoms with Gasteiger partial charge in [-0.1, -0.05) is 0 Å². The summed E-state index contributed by atoms with van der Waals surface area (Å²) in [5.41, 5.74) is 0.969. The van der Waals surface area contributed by atoms with Crippen LogP contribution in [0.25, 0.3) is 0 Å². The van der Waals surface area contributed by atoms with Gasteiger partial charge >= 0.3 is 0 Å². The number of nitrogens with one attached hydrogen (secondary N) is 1. The van der Waals surface area contributed by atoms with Crippen LogP contribution in [0.1, 0.15) is 19.5 Å². The van der Waals surface area contributed by atoms with Gasteiger partial charge in [0, 0.05) is 49.1 Å². The maximum absolute atomic E-state index is 12.7. The third-order valence-corrected chi connectivity index (χ3v) is 6.58. The SMILES string of the molecule is CNCc1cc(S(=O)(=O)N2CCSC(C)(C)C2)cn1C. The van der Waals surface area contributed by atoms with Crippen molar-refractivity contribution in [2.75, 3.05) is 25.9 Å². The molecule has 1 N–H and O–H groups in total. The summed E-state index contributed by atoms with van der Waals surface area (Å²) in [5, 5.41) is 3.05. The summed E-state index contributed by atoms with van der Waals surface area (Å²) in [4.78, 5) is 0.396. The van der Waals surface area contributed by atoms with Gasteiger partial charge in [-0.2, -0.15) is 16.1 Å². The van der Waals surface area contributed by atoms with Gasteiger partial charge in [0.2, 0.25) is 10.0 Å². The fraction of sp³-hybridized carbons (Fsp3) is 0.692. The summed E-state index contributed by atoms with van der Waals surface area (Å²) < 4.78 is 28.9. The van der Waals surface area contributed by atoms with E-state index in [1.165, 1.54) is 0 Å². The molecule has 0 bridgehead atoms. The van der Waals surface area contributed by atoms with Crippen LogP contribution < -0.4 is 5.32 Å². The first kappa shape index (κ1) is 15.9. The summed E-state index contributed by atoms with van der Waals surface area (Å²) >= 11 is 1.83. The smallest absolute Gasteiger partial charge is 0.244 e. The first-order valence-corrected chi connectivity index (χ1v) is 9.13. The minimum Gasteiger partial charge on any atom is -0.352 e. The maximum atomic E-state index is 12.7. The fourth-order valence-corrected chi connectivity index (χ4v) is 5.41. The van der Waals surface area contributed by atoms with E-state index in [1.54, 1.807) is 16.6 Å². The van der Waals surface area contributed by atoms with Gasteiger partial charge in [0.15, 0.2) is 0 Å². The molecule has 7 heteroatoms. The van der Waals surface area contributed by atoms with Crippen LogP contribution in [-0.2, 0) is 23.6 Å². The molecule has 0 unspecified atom stereocenters. The van der Waals surface area contributed by atoms with E-state index in [-0.39, 0.29) is 4.75 Å². The third kappa shape index (κ3) is 3.21. The molecule has 0 radical (unpaired) electrons. The van der Waals surface area contributed by atoms with Gasteiger partial charge in [-0.3, -0.25) is 0 Å². The van der Waals surface area contributed by atoms with Gasteiger partial charge in [-0.25, -0.2) is 8.42 Å². The summed E-state index contributed by atoms with van der Waals surface area (Å²) in [7, 11) is 0.348. The van der Waals surface area contributed by atoms with Crippen LogP contribution >= 0.6 is 11.8 Å². The summed E-state index contributed by atoms with van der Waals surface area (Å²) in [5.74, 6) is 0.850. The molecule has 20 heavy (non-hydrogen) atoms. The van der Waals surface area contributed by atoms with Crippen molar-refractivity contribution in [2.45, 2.75) is 30.0 Å². The lowest BCUT2D eigenvalue weighted by Crippen LogP contribution is -2.45. The normalized spacial score (nSPS) is 20.2. The van der Waals surface area contributed by atoms with Crippen LogP contribution in [0.2, 0.25) is 0 Å². The molecular formula is C13H23N3O2S2. The summed E-state index contributed by atoms with van der Waals surface area (Å²) in [6.45, 7) is 6.00. The maximum Gasteiger partial charge on any atom is 0.244 e. The zero-order valence-electron chi connectivity index (χ0n) is 12.5. The topological polar surface area (TPSA) is 54.3 Å². The molecule has 2 rings (SSSR count). The number of sulfonamides is 1. The van der Waals surface area contributed by atoms with Crippen molar-refractivity contribution in [3.8, 4) is 0 Å². The molecule has 0 amide bonds. The highest BCUT2D eigenvalue weighted by Crippen LogP contribution is 2.32. The average molecular weight is 317 g/mol. The highest BCUT2D eigenvalue weighted by atomic mass is 32.2. The average Bonchev–Trinajstić information content (AvgIpc) is 2.71. The van der Waals surface area contributed by atoms with Crippen LogP contribution in [0.4, 0.5) is 0 Å². The van der Waals surface area contributed by atoms with Crippen LogP contribution in [0.3, 0.4) is 0 Å². The van der Waals surface area contributed by atoms with Gasteiger partial charge in [-0.15, -0.1) is 0 Å². The van der Waals surface area contributed by atoms with Gasteiger partial charge in [0.1, 0.15) is 4.90 Å². The lowest BCUT2D eigenvalue weighted by Gasteiger charge is -2.36. The van der Waals surface area contributed by atoms with E-state index in [1.807, 2.05) is 30.4 Å². The molecule has 2 heterocycles. The van der Waals surface area contributed by atoms with Crippen molar-refractivity contribution in [1.29, 1.82) is 0 Å². The Morgan fingerprint density at radius 1 is 1.45 bits per heavy atom. The molecule has 1 aliphatic rings. The lowest BCUT2D eigenvalue weighted by atomic mass is 10.2. The third-order valence-electron chi connectivity index (χ3n) is 3.47. The second kappa shape index (κ2) is 5.71. The van der Waals surface area contributed by atoms with E-state index in [0.717, 1.165) is 11.4 Å². The predicted octanol–water partition coefficient (Wildman–Crippen LogP) is 1.26. The molecule has 0 atom stereocenters. The molecule has 0 spiro atoms. The van der Waals surface area contributed by atoms with E-state index >= 15 is 0 Å². The number of aromatic nitrogens is 1. The molecule has 0 aliphatic carbocycles. The molecule has 5 nitrogen and oxygen atoms in total. The van der Waals surface area contributed by atoms with E-state index in [2.05, 4.69) is 19.2 Å². The zero-order chi connectivity index (χ0) is 15.0. The number of rotatable bonds is 4. The molecule has 1 saturated heterocycles. The standard InChI is InChI=1S/C13H23N3O2S2/c1-13(2)10-16(5-6-19-13)20(17,18)12-7-11(8-14-3)15(4)9-12/h7,9,14H,5-6,8,10H2,1-4H3. The van der Waals surface area contributed by atoms with Crippen molar-refractivity contribution in [2.24, 2.45) is 7.05 Å². The van der Waals surface area contributed by atoms with Crippen molar-refractivity contribution in [3.63, 3.8) is 0 Å². The Labute approximate surface area is 125 Å². The van der Waals surface area contributed by atoms with Crippen molar-refractivity contribution < 1.29 is 8.42 Å². The molecule has 1 aliphatic heterocycles. The highest BCUT2D eigenvalue weighted by molar-refractivity contribution is 8.00. The summed E-state index contributed by atoms with van der Waals surface area (Å²) in [6.07, 6.45) is 1.71. The Bertz CT molecular complexity index is 578. The van der Waals surface area contributed by atoms with Crippen LogP contribution in [0, 0.1) is 0 Å². The first-order valence-electron chi connectivity index (χ1n) is 6.70. The Morgan fingerprint density at radius 2 is 2.15 bits per heavy atom. The van der Waals surface area contributed by atoms with Crippen molar-refractivity contribution in [1.82, 2.24) is 14.2 Å². The Balaban J connectivity index is 2.28. The number of hydrogen-bond acceptors (Lipinski definition) is 4. The van der Waals surface area contributed by atoms with Crippen LogP contribution in [0.5, 0.6) is 0 Å². The lowest BCUT2D eigenvalue weighted by molar-refractivity contribution is 0.387. The van der Waals surface area contributed by atoms with Gasteiger partial charge in [0.05, 0.1) is 0 Å². The molecular weight excluding hydrogens is 294 g/mol. The van der Waals surface area contributed by atoms with Crippen LogP contribution in [0.15, 0.2) is 17.2 Å². The summed E-state index contributed by atoms with van der Waals surface area (Å²) in [6, 6.07) is 1.76. The zero-order valence-corrected chi connectivity index (χ0v) is 14.1. The van der Waals surface area contributed by atoms with E-state index < -0.39 is 10.0 Å². The number of aryl methyl sites for hydroxylation is 1. The van der Waals surface area contributed by atoms with Crippen molar-refractivity contribution in [3.05, 3.63) is 18.0 Å². The molecule has 1 fully saturated rings. The largest absolute Gasteiger partial charge is 0.352 e. The number of hydrogen-bond donors (Lipinski definition) is 1. The Morgan fingerprint density at radius 3 is 2.75 bits per heavy atom. The monoisotopic (exact) mass is 317 g/mol.